The van der Waals surface area contributed by atoms with Gasteiger partial charge < -0.3 is 5.11 Å². The topological polar surface area (TPSA) is 20.2 Å². The molecule has 0 aromatic heterocycles. The van der Waals surface area contributed by atoms with E-state index >= 15 is 0 Å². The molecule has 0 saturated carbocycles. The van der Waals surface area contributed by atoms with Gasteiger partial charge in [-0.25, -0.2) is 4.39 Å². The van der Waals surface area contributed by atoms with Crippen LogP contribution in [0.1, 0.15) is 39.0 Å². The molecule has 0 fully saturated rings. The van der Waals surface area contributed by atoms with Crippen LogP contribution in [0.3, 0.4) is 0 Å². The number of alkyl halides is 7. The molecule has 0 aromatic rings. The largest absolute Gasteiger partial charge is 0.454 e. The quantitative estimate of drug-likeness (QED) is 0.550. The van der Waals surface area contributed by atoms with Gasteiger partial charge in [-0.2, -0.15) is 26.3 Å². The van der Waals surface area contributed by atoms with Gasteiger partial charge in [-0.1, -0.05) is 32.6 Å². The first-order chi connectivity index (χ1) is 7.98. The summed E-state index contributed by atoms with van der Waals surface area (Å²) in [5.74, 6) is -11.4. The molecule has 0 aliphatic rings. The number of hydrogen-bond acceptors (Lipinski definition) is 1. The molecule has 2 unspecified atom stereocenters. The molecular formula is C10H15F7O. The van der Waals surface area contributed by atoms with E-state index in [9.17, 15) is 30.7 Å². The lowest BCUT2D eigenvalue weighted by Crippen LogP contribution is -2.59. The molecule has 18 heavy (non-hydrogen) atoms. The van der Waals surface area contributed by atoms with Crippen molar-refractivity contribution >= 4 is 0 Å². The Morgan fingerprint density at radius 3 is 1.83 bits per heavy atom. The third-order valence-electron chi connectivity index (χ3n) is 2.52. The summed E-state index contributed by atoms with van der Waals surface area (Å²) in [6, 6.07) is 0. The van der Waals surface area contributed by atoms with Crippen molar-refractivity contribution in [2.45, 2.75) is 63.2 Å². The van der Waals surface area contributed by atoms with E-state index in [1.807, 2.05) is 0 Å². The molecule has 0 rings (SSSR count). The van der Waals surface area contributed by atoms with Crippen LogP contribution in [0.2, 0.25) is 0 Å². The highest BCUT2D eigenvalue weighted by molar-refractivity contribution is 4.95. The fraction of sp³-hybridized carbons (Fsp3) is 1.00. The molecule has 8 heteroatoms. The molecule has 110 valence electrons. The summed E-state index contributed by atoms with van der Waals surface area (Å²) in [5.41, 5.74) is 0. The third-order valence-corrected chi connectivity index (χ3v) is 2.52. The van der Waals surface area contributed by atoms with Crippen molar-refractivity contribution in [2.24, 2.45) is 0 Å². The molecule has 0 aliphatic carbocycles. The standard InChI is InChI=1S/C10H15F7O/c1-2-3-4-5-6-7(11)8(12,13)9(14,18)10(15,16)17/h7,18H,2-6H2,1H3. The van der Waals surface area contributed by atoms with Gasteiger partial charge in [0.15, 0.2) is 6.17 Å². The lowest BCUT2D eigenvalue weighted by molar-refractivity contribution is -0.395. The monoisotopic (exact) mass is 284 g/mol. The van der Waals surface area contributed by atoms with Crippen LogP contribution < -0.4 is 0 Å². The molecule has 0 radical (unpaired) electrons. The van der Waals surface area contributed by atoms with Crippen LogP contribution in [0.25, 0.3) is 0 Å². The SMILES string of the molecule is CCCCCCC(F)C(F)(F)C(O)(F)C(F)(F)F. The second-order valence-electron chi connectivity index (χ2n) is 4.06. The van der Waals surface area contributed by atoms with Crippen LogP contribution >= 0.6 is 0 Å². The summed E-state index contributed by atoms with van der Waals surface area (Å²) in [6.07, 6.45) is -8.98. The van der Waals surface area contributed by atoms with E-state index < -0.39 is 30.5 Å². The first kappa shape index (κ1) is 17.5. The van der Waals surface area contributed by atoms with Gasteiger partial charge in [-0.05, 0) is 6.42 Å². The molecule has 2 atom stereocenters. The average Bonchev–Trinajstić information content (AvgIpc) is 2.22. The molecule has 1 nitrogen and oxygen atoms in total. The van der Waals surface area contributed by atoms with E-state index in [0.717, 1.165) is 6.42 Å². The molecule has 0 aliphatic heterocycles. The minimum atomic E-state index is -6.25. The number of aliphatic hydroxyl groups is 1. The van der Waals surface area contributed by atoms with Crippen molar-refractivity contribution in [2.75, 3.05) is 0 Å². The lowest BCUT2D eigenvalue weighted by Gasteiger charge is -2.32. The van der Waals surface area contributed by atoms with Crippen LogP contribution in [0, 0.1) is 0 Å². The normalized spacial score (nSPS) is 18.5. The fourth-order valence-electron chi connectivity index (χ4n) is 1.33. The van der Waals surface area contributed by atoms with Crippen LogP contribution in [-0.2, 0) is 0 Å². The Morgan fingerprint density at radius 1 is 0.944 bits per heavy atom. The Morgan fingerprint density at radius 2 is 1.44 bits per heavy atom. The fourth-order valence-corrected chi connectivity index (χ4v) is 1.33. The molecule has 0 amide bonds. The third kappa shape index (κ3) is 3.73. The minimum Gasteiger partial charge on any atom is -0.350 e. The Bertz CT molecular complexity index is 249. The molecule has 0 saturated heterocycles. The van der Waals surface area contributed by atoms with Crippen LogP contribution in [-0.4, -0.2) is 29.2 Å². The molecular weight excluding hydrogens is 269 g/mol. The second-order valence-corrected chi connectivity index (χ2v) is 4.06. The minimum absolute atomic E-state index is 0.0987. The maximum absolute atomic E-state index is 13.0. The molecule has 0 aromatic carbocycles. The van der Waals surface area contributed by atoms with Gasteiger partial charge in [-0.15, -0.1) is 0 Å². The van der Waals surface area contributed by atoms with Gasteiger partial charge in [-0.3, -0.25) is 0 Å². The van der Waals surface area contributed by atoms with Crippen LogP contribution in [0.15, 0.2) is 0 Å². The smallest absolute Gasteiger partial charge is 0.350 e. The predicted molar refractivity (Wildman–Crippen MR) is 50.7 cm³/mol. The zero-order chi connectivity index (χ0) is 14.6. The highest BCUT2D eigenvalue weighted by Gasteiger charge is 2.73. The van der Waals surface area contributed by atoms with Crippen molar-refractivity contribution in [3.63, 3.8) is 0 Å². The number of halogens is 7. The summed E-state index contributed by atoms with van der Waals surface area (Å²) in [7, 11) is 0. The first-order valence-corrected chi connectivity index (χ1v) is 5.48. The predicted octanol–water partition coefficient (Wildman–Crippen LogP) is 4.15. The average molecular weight is 284 g/mol. The summed E-state index contributed by atoms with van der Waals surface area (Å²) in [5, 5.41) is 8.17. The number of hydrogen-bond donors (Lipinski definition) is 1. The van der Waals surface area contributed by atoms with E-state index in [2.05, 4.69) is 0 Å². The van der Waals surface area contributed by atoms with Gasteiger partial charge in [0, 0.05) is 0 Å². The second kappa shape index (κ2) is 6.08. The first-order valence-electron chi connectivity index (χ1n) is 5.48. The zero-order valence-corrected chi connectivity index (χ0v) is 9.71. The molecule has 0 heterocycles. The van der Waals surface area contributed by atoms with Crippen LogP contribution in [0.4, 0.5) is 30.7 Å². The maximum atomic E-state index is 13.0. The van der Waals surface area contributed by atoms with E-state index in [-0.39, 0.29) is 6.42 Å². The van der Waals surface area contributed by atoms with Gasteiger partial charge in [0.2, 0.25) is 0 Å². The Balaban J connectivity index is 4.61. The van der Waals surface area contributed by atoms with Crippen molar-refractivity contribution < 1.29 is 35.8 Å². The van der Waals surface area contributed by atoms with Gasteiger partial charge in [0.25, 0.3) is 0 Å². The summed E-state index contributed by atoms with van der Waals surface area (Å²) in [6.45, 7) is 1.80. The van der Waals surface area contributed by atoms with E-state index in [1.54, 1.807) is 6.92 Å². The van der Waals surface area contributed by atoms with Crippen LogP contribution in [0.5, 0.6) is 0 Å². The van der Waals surface area contributed by atoms with E-state index in [0.29, 0.717) is 12.8 Å². The number of unbranched alkanes of at least 4 members (excludes halogenated alkanes) is 3. The molecule has 0 bridgehead atoms. The molecule has 1 N–H and O–H groups in total. The summed E-state index contributed by atoms with van der Waals surface area (Å²) >= 11 is 0. The Hall–Kier alpha value is -0.530. The zero-order valence-electron chi connectivity index (χ0n) is 9.71. The van der Waals surface area contributed by atoms with Crippen molar-refractivity contribution in [1.82, 2.24) is 0 Å². The summed E-state index contributed by atoms with van der Waals surface area (Å²) in [4.78, 5) is 0. The van der Waals surface area contributed by atoms with Gasteiger partial charge in [0.1, 0.15) is 0 Å². The number of rotatable bonds is 7. The molecule has 0 spiro atoms. The van der Waals surface area contributed by atoms with Crippen molar-refractivity contribution in [3.8, 4) is 0 Å². The highest BCUT2D eigenvalue weighted by atomic mass is 19.4. The van der Waals surface area contributed by atoms with Crippen molar-refractivity contribution in [3.05, 3.63) is 0 Å². The van der Waals surface area contributed by atoms with E-state index in [4.69, 9.17) is 5.11 Å². The highest BCUT2D eigenvalue weighted by Crippen LogP contribution is 2.46. The Labute approximate surface area is 100.0 Å². The van der Waals surface area contributed by atoms with Crippen molar-refractivity contribution in [1.29, 1.82) is 0 Å². The maximum Gasteiger partial charge on any atom is 0.454 e. The van der Waals surface area contributed by atoms with Gasteiger partial charge >= 0.3 is 18.0 Å². The Kier molecular flexibility index (Phi) is 5.90. The van der Waals surface area contributed by atoms with E-state index in [1.165, 1.54) is 0 Å². The lowest BCUT2D eigenvalue weighted by atomic mass is 9.99. The summed E-state index contributed by atoms with van der Waals surface area (Å²) < 4.78 is 87.0. The van der Waals surface area contributed by atoms with Gasteiger partial charge in [0.05, 0.1) is 0 Å².